The lowest BCUT2D eigenvalue weighted by atomic mass is 10.1. The van der Waals surface area contributed by atoms with Crippen molar-refractivity contribution in [3.8, 4) is 0 Å². The van der Waals surface area contributed by atoms with Crippen LogP contribution in [0.4, 0.5) is 13.2 Å². The first-order chi connectivity index (χ1) is 5.82. The Bertz CT molecular complexity index is 261. The molecule has 0 aromatic carbocycles. The fraction of sp³-hybridized carbons (Fsp3) is 0.667. The average Bonchev–Trinajstić information content (AvgIpc) is 2.29. The molecule has 7 heteroatoms. The molecule has 0 saturated carbocycles. The third kappa shape index (κ3) is 1.90. The third-order valence-electron chi connectivity index (χ3n) is 1.74. The molecule has 0 aliphatic carbocycles. The molecular formula is C6H7F3N2O2. The fourth-order valence-electron chi connectivity index (χ4n) is 1.07. The monoisotopic (exact) mass is 196 g/mol. The summed E-state index contributed by atoms with van der Waals surface area (Å²) in [7, 11) is 1.11. The molecule has 1 unspecified atom stereocenters. The zero-order valence-corrected chi connectivity index (χ0v) is 6.67. The first kappa shape index (κ1) is 9.82. The van der Waals surface area contributed by atoms with E-state index in [1.165, 1.54) is 0 Å². The van der Waals surface area contributed by atoms with Crippen LogP contribution in [0.2, 0.25) is 0 Å². The van der Waals surface area contributed by atoms with Gasteiger partial charge in [0, 0.05) is 13.5 Å². The first-order valence-electron chi connectivity index (χ1n) is 3.42. The summed E-state index contributed by atoms with van der Waals surface area (Å²) in [4.78, 5) is 10.3. The number of carboxylic acids is 1. The van der Waals surface area contributed by atoms with Gasteiger partial charge in [0.05, 0.1) is 0 Å². The Kier molecular flexibility index (Phi) is 2.19. The van der Waals surface area contributed by atoms with Crippen molar-refractivity contribution in [2.24, 2.45) is 5.10 Å². The van der Waals surface area contributed by atoms with Crippen LogP contribution in [-0.4, -0.2) is 41.1 Å². The lowest BCUT2D eigenvalue weighted by Gasteiger charge is -2.20. The van der Waals surface area contributed by atoms with Crippen LogP contribution in [0.15, 0.2) is 5.10 Å². The van der Waals surface area contributed by atoms with Gasteiger partial charge in [-0.05, 0) is 0 Å². The molecule has 0 saturated heterocycles. The van der Waals surface area contributed by atoms with Crippen molar-refractivity contribution in [1.82, 2.24) is 5.01 Å². The molecule has 0 fully saturated rings. The van der Waals surface area contributed by atoms with Gasteiger partial charge in [-0.3, -0.25) is 5.01 Å². The van der Waals surface area contributed by atoms with E-state index >= 15 is 0 Å². The number of halogens is 3. The number of hydrogen-bond donors (Lipinski definition) is 1. The Morgan fingerprint density at radius 2 is 2.23 bits per heavy atom. The van der Waals surface area contributed by atoms with Crippen molar-refractivity contribution >= 4 is 11.7 Å². The molecule has 4 nitrogen and oxygen atoms in total. The Labute approximate surface area is 71.6 Å². The van der Waals surface area contributed by atoms with E-state index in [0.29, 0.717) is 5.01 Å². The summed E-state index contributed by atoms with van der Waals surface area (Å²) in [5, 5.41) is 12.3. The normalized spacial score (nSPS) is 23.2. The second-order valence-corrected chi connectivity index (χ2v) is 2.69. The molecular weight excluding hydrogens is 189 g/mol. The number of alkyl halides is 3. The number of carboxylic acid groups (broad SMARTS) is 1. The van der Waals surface area contributed by atoms with E-state index in [-0.39, 0.29) is 0 Å². The van der Waals surface area contributed by atoms with Gasteiger partial charge in [0.25, 0.3) is 0 Å². The number of carbonyl (C=O) groups is 1. The maximum Gasteiger partial charge on any atom is 0.410 e. The van der Waals surface area contributed by atoms with E-state index in [4.69, 9.17) is 5.11 Å². The molecule has 1 N–H and O–H groups in total. The van der Waals surface area contributed by atoms with Crippen molar-refractivity contribution in [2.75, 3.05) is 7.05 Å². The van der Waals surface area contributed by atoms with E-state index in [0.717, 1.165) is 7.05 Å². The maximum absolute atomic E-state index is 12.1. The largest absolute Gasteiger partial charge is 0.477 e. The second-order valence-electron chi connectivity index (χ2n) is 2.69. The molecule has 0 spiro atoms. The highest BCUT2D eigenvalue weighted by Gasteiger charge is 2.47. The van der Waals surface area contributed by atoms with Crippen molar-refractivity contribution in [3.05, 3.63) is 0 Å². The van der Waals surface area contributed by atoms with Gasteiger partial charge in [0.15, 0.2) is 0 Å². The highest BCUT2D eigenvalue weighted by atomic mass is 19.4. The quantitative estimate of drug-likeness (QED) is 0.671. The van der Waals surface area contributed by atoms with Crippen LogP contribution in [0.25, 0.3) is 0 Å². The highest BCUT2D eigenvalue weighted by molar-refractivity contribution is 6.36. The van der Waals surface area contributed by atoms with Crippen molar-refractivity contribution in [2.45, 2.75) is 18.6 Å². The molecule has 1 aliphatic rings. The maximum atomic E-state index is 12.1. The summed E-state index contributed by atoms with van der Waals surface area (Å²) in [6, 6.07) is -1.81. The highest BCUT2D eigenvalue weighted by Crippen LogP contribution is 2.30. The van der Waals surface area contributed by atoms with Gasteiger partial charge in [-0.15, -0.1) is 0 Å². The van der Waals surface area contributed by atoms with Crippen molar-refractivity contribution in [1.29, 1.82) is 0 Å². The van der Waals surface area contributed by atoms with Gasteiger partial charge in [0.2, 0.25) is 0 Å². The van der Waals surface area contributed by atoms with E-state index in [1.807, 2.05) is 0 Å². The van der Waals surface area contributed by atoms with Crippen molar-refractivity contribution < 1.29 is 23.1 Å². The van der Waals surface area contributed by atoms with E-state index in [1.54, 1.807) is 0 Å². The summed E-state index contributed by atoms with van der Waals surface area (Å²) in [6.45, 7) is 0. The predicted molar refractivity (Wildman–Crippen MR) is 37.3 cm³/mol. The van der Waals surface area contributed by atoms with Crippen LogP contribution in [0.5, 0.6) is 0 Å². The van der Waals surface area contributed by atoms with Gasteiger partial charge in [-0.25, -0.2) is 4.79 Å². The van der Waals surface area contributed by atoms with Crippen LogP contribution in [-0.2, 0) is 4.79 Å². The zero-order chi connectivity index (χ0) is 10.2. The van der Waals surface area contributed by atoms with Gasteiger partial charge >= 0.3 is 12.1 Å². The molecule has 0 bridgehead atoms. The van der Waals surface area contributed by atoms with E-state index in [2.05, 4.69) is 5.10 Å². The van der Waals surface area contributed by atoms with Crippen LogP contribution >= 0.6 is 0 Å². The SMILES string of the molecule is CN1N=C(C(=O)O)CC1C(F)(F)F. The molecule has 13 heavy (non-hydrogen) atoms. The second kappa shape index (κ2) is 2.90. The molecule has 0 amide bonds. The molecule has 1 heterocycles. The topological polar surface area (TPSA) is 52.9 Å². The fourth-order valence-corrected chi connectivity index (χ4v) is 1.07. The van der Waals surface area contributed by atoms with Crippen molar-refractivity contribution in [3.63, 3.8) is 0 Å². The molecule has 0 aromatic heterocycles. The van der Waals surface area contributed by atoms with Crippen LogP contribution in [0, 0.1) is 0 Å². The number of hydrazone groups is 1. The number of nitrogens with zero attached hydrogens (tertiary/aromatic N) is 2. The summed E-state index contributed by atoms with van der Waals surface area (Å²) in [6.07, 6.45) is -5.02. The minimum atomic E-state index is -4.44. The minimum absolute atomic E-state index is 0.454. The summed E-state index contributed by atoms with van der Waals surface area (Å²) >= 11 is 0. The van der Waals surface area contributed by atoms with Gasteiger partial charge in [-0.1, -0.05) is 0 Å². The third-order valence-corrected chi connectivity index (χ3v) is 1.74. The molecule has 1 rings (SSSR count). The minimum Gasteiger partial charge on any atom is -0.477 e. The summed E-state index contributed by atoms with van der Waals surface area (Å²) in [5.41, 5.74) is -0.454. The zero-order valence-electron chi connectivity index (χ0n) is 6.67. The summed E-state index contributed by atoms with van der Waals surface area (Å²) in [5.74, 6) is -1.40. The van der Waals surface area contributed by atoms with E-state index in [9.17, 15) is 18.0 Å². The van der Waals surface area contributed by atoms with Gasteiger partial charge in [0.1, 0.15) is 11.8 Å². The Morgan fingerprint density at radius 1 is 1.69 bits per heavy atom. The first-order valence-corrected chi connectivity index (χ1v) is 3.42. The van der Waals surface area contributed by atoms with Gasteiger partial charge < -0.3 is 5.11 Å². The van der Waals surface area contributed by atoms with Crippen LogP contribution in [0.3, 0.4) is 0 Å². The molecule has 0 aromatic rings. The average molecular weight is 196 g/mol. The molecule has 1 aliphatic heterocycles. The van der Waals surface area contributed by atoms with Crippen LogP contribution in [0.1, 0.15) is 6.42 Å². The Morgan fingerprint density at radius 3 is 2.46 bits per heavy atom. The molecule has 74 valence electrons. The Balaban J connectivity index is 2.76. The predicted octanol–water partition coefficient (Wildman–Crippen LogP) is 0.693. The van der Waals surface area contributed by atoms with Crippen LogP contribution < -0.4 is 0 Å². The van der Waals surface area contributed by atoms with E-state index < -0.39 is 30.3 Å². The standard InChI is InChI=1S/C6H7F3N2O2/c1-11-4(6(7,8)9)2-3(10-11)5(12)13/h4H,2H2,1H3,(H,12,13). The Hall–Kier alpha value is -1.27. The smallest absolute Gasteiger partial charge is 0.410 e. The lowest BCUT2D eigenvalue weighted by molar-refractivity contribution is -0.174. The van der Waals surface area contributed by atoms with Gasteiger partial charge in [-0.2, -0.15) is 18.3 Å². The number of aliphatic carboxylic acids is 1. The lowest BCUT2D eigenvalue weighted by Crippen LogP contribution is -2.38. The molecule has 0 radical (unpaired) electrons. The number of hydrogen-bond acceptors (Lipinski definition) is 3. The molecule has 1 atom stereocenters. The summed E-state index contributed by atoms with van der Waals surface area (Å²) < 4.78 is 36.4. The number of rotatable bonds is 1.